The van der Waals surface area contributed by atoms with Crippen molar-refractivity contribution >= 4 is 23.3 Å². The SMILES string of the molecule is COc1ccc(C(=O)N=Nc2ccc(NOC(=O)c3ccco3)cc2)cc1. The van der Waals surface area contributed by atoms with Crippen molar-refractivity contribution in [3.8, 4) is 5.75 Å². The zero-order chi connectivity index (χ0) is 19.1. The fourth-order valence-corrected chi connectivity index (χ4v) is 2.04. The highest BCUT2D eigenvalue weighted by molar-refractivity contribution is 5.94. The molecule has 0 atom stereocenters. The van der Waals surface area contributed by atoms with E-state index in [9.17, 15) is 9.59 Å². The van der Waals surface area contributed by atoms with Gasteiger partial charge < -0.3 is 14.0 Å². The van der Waals surface area contributed by atoms with Crippen LogP contribution in [0.1, 0.15) is 20.9 Å². The summed E-state index contributed by atoms with van der Waals surface area (Å²) in [7, 11) is 1.55. The summed E-state index contributed by atoms with van der Waals surface area (Å²) in [6, 6.07) is 16.1. The number of carbonyl (C=O) groups is 2. The predicted molar refractivity (Wildman–Crippen MR) is 96.0 cm³/mol. The first-order chi connectivity index (χ1) is 13.2. The second-order valence-corrected chi connectivity index (χ2v) is 5.25. The summed E-state index contributed by atoms with van der Waals surface area (Å²) >= 11 is 0. The molecule has 0 unspecified atom stereocenters. The molecule has 2 aromatic carbocycles. The quantitative estimate of drug-likeness (QED) is 0.513. The highest BCUT2D eigenvalue weighted by Gasteiger charge is 2.10. The Balaban J connectivity index is 1.55. The number of anilines is 1. The van der Waals surface area contributed by atoms with Gasteiger partial charge in [0.2, 0.25) is 5.76 Å². The van der Waals surface area contributed by atoms with Gasteiger partial charge in [-0.25, -0.2) is 10.3 Å². The van der Waals surface area contributed by atoms with Gasteiger partial charge in [-0.2, -0.15) is 0 Å². The number of hydrogen-bond acceptors (Lipinski definition) is 7. The van der Waals surface area contributed by atoms with Gasteiger partial charge in [0.05, 0.1) is 24.7 Å². The van der Waals surface area contributed by atoms with Crippen LogP contribution >= 0.6 is 0 Å². The van der Waals surface area contributed by atoms with Gasteiger partial charge in [-0.15, -0.1) is 10.2 Å². The van der Waals surface area contributed by atoms with E-state index >= 15 is 0 Å². The summed E-state index contributed by atoms with van der Waals surface area (Å²) in [5.74, 6) is -0.370. The maximum Gasteiger partial charge on any atom is 0.398 e. The molecule has 1 heterocycles. The Morgan fingerprint density at radius 2 is 1.74 bits per heavy atom. The second-order valence-electron chi connectivity index (χ2n) is 5.25. The average molecular weight is 365 g/mol. The third kappa shape index (κ3) is 4.79. The Morgan fingerprint density at radius 1 is 1.00 bits per heavy atom. The van der Waals surface area contributed by atoms with Crippen LogP contribution in [0, 0.1) is 0 Å². The number of nitrogens with zero attached hydrogens (tertiary/aromatic N) is 2. The van der Waals surface area contributed by atoms with Crippen molar-refractivity contribution in [1.82, 2.24) is 0 Å². The summed E-state index contributed by atoms with van der Waals surface area (Å²) in [4.78, 5) is 28.5. The minimum Gasteiger partial charge on any atom is -0.497 e. The van der Waals surface area contributed by atoms with Crippen molar-refractivity contribution in [3.63, 3.8) is 0 Å². The number of hydrogen-bond donors (Lipinski definition) is 1. The van der Waals surface area contributed by atoms with E-state index in [1.54, 1.807) is 61.7 Å². The van der Waals surface area contributed by atoms with Crippen LogP contribution in [0.3, 0.4) is 0 Å². The van der Waals surface area contributed by atoms with Crippen LogP contribution in [0.2, 0.25) is 0 Å². The molecule has 0 saturated heterocycles. The summed E-state index contributed by atoms with van der Waals surface area (Å²) in [5, 5.41) is 7.58. The maximum atomic E-state index is 12.0. The van der Waals surface area contributed by atoms with E-state index in [0.29, 0.717) is 22.7 Å². The minimum atomic E-state index is -0.645. The highest BCUT2D eigenvalue weighted by atomic mass is 16.7. The van der Waals surface area contributed by atoms with Crippen LogP contribution in [0.5, 0.6) is 5.75 Å². The lowest BCUT2D eigenvalue weighted by atomic mass is 10.2. The van der Waals surface area contributed by atoms with E-state index in [4.69, 9.17) is 14.0 Å². The van der Waals surface area contributed by atoms with Gasteiger partial charge in [-0.3, -0.25) is 4.79 Å². The molecule has 1 amide bonds. The van der Waals surface area contributed by atoms with Crippen molar-refractivity contribution in [2.24, 2.45) is 10.2 Å². The Morgan fingerprint density at radius 3 is 2.37 bits per heavy atom. The van der Waals surface area contributed by atoms with Crippen molar-refractivity contribution < 1.29 is 23.6 Å². The van der Waals surface area contributed by atoms with Gasteiger partial charge in [0.15, 0.2) is 0 Å². The fraction of sp³-hybridized carbons (Fsp3) is 0.0526. The summed E-state index contributed by atoms with van der Waals surface area (Å²) < 4.78 is 9.96. The molecule has 1 N–H and O–H groups in total. The first kappa shape index (κ1) is 17.9. The lowest BCUT2D eigenvalue weighted by molar-refractivity contribution is 0.0560. The molecule has 8 heteroatoms. The normalized spacial score (nSPS) is 10.6. The number of nitrogens with one attached hydrogen (secondary N) is 1. The van der Waals surface area contributed by atoms with Gasteiger partial charge in [0, 0.05) is 5.56 Å². The largest absolute Gasteiger partial charge is 0.497 e. The first-order valence-electron chi connectivity index (χ1n) is 7.86. The third-order valence-corrected chi connectivity index (χ3v) is 3.44. The summed E-state index contributed by atoms with van der Waals surface area (Å²) in [5.41, 5.74) is 3.90. The number of methoxy groups -OCH3 is 1. The monoisotopic (exact) mass is 365 g/mol. The molecule has 0 saturated carbocycles. The molecule has 0 aliphatic heterocycles. The van der Waals surface area contributed by atoms with Crippen molar-refractivity contribution in [3.05, 3.63) is 78.3 Å². The molecule has 0 radical (unpaired) electrons. The van der Waals surface area contributed by atoms with Crippen LogP contribution in [-0.4, -0.2) is 19.0 Å². The molecule has 0 spiro atoms. The van der Waals surface area contributed by atoms with Crippen molar-refractivity contribution in [2.45, 2.75) is 0 Å². The van der Waals surface area contributed by atoms with Gasteiger partial charge >= 0.3 is 5.97 Å². The molecule has 27 heavy (non-hydrogen) atoms. The zero-order valence-corrected chi connectivity index (χ0v) is 14.3. The summed E-state index contributed by atoms with van der Waals surface area (Å²) in [6.45, 7) is 0. The molecule has 3 aromatic rings. The van der Waals surface area contributed by atoms with Crippen molar-refractivity contribution in [1.29, 1.82) is 0 Å². The molecule has 0 bridgehead atoms. The van der Waals surface area contributed by atoms with Gasteiger partial charge in [-0.1, -0.05) is 0 Å². The van der Waals surface area contributed by atoms with Crippen LogP contribution in [0.4, 0.5) is 11.4 Å². The fourth-order valence-electron chi connectivity index (χ4n) is 2.04. The Kier molecular flexibility index (Phi) is 5.58. The molecular weight excluding hydrogens is 350 g/mol. The molecule has 8 nitrogen and oxygen atoms in total. The third-order valence-electron chi connectivity index (χ3n) is 3.44. The lowest BCUT2D eigenvalue weighted by Crippen LogP contribution is -2.09. The highest BCUT2D eigenvalue weighted by Crippen LogP contribution is 2.18. The number of carbonyl (C=O) groups excluding carboxylic acids is 2. The van der Waals surface area contributed by atoms with Gasteiger partial charge in [-0.05, 0) is 60.7 Å². The Hall–Kier alpha value is -3.94. The van der Waals surface area contributed by atoms with Crippen molar-refractivity contribution in [2.75, 3.05) is 12.6 Å². The number of ether oxygens (including phenoxy) is 1. The van der Waals surface area contributed by atoms with Gasteiger partial charge in [0.1, 0.15) is 5.75 Å². The van der Waals surface area contributed by atoms with E-state index in [-0.39, 0.29) is 5.76 Å². The molecule has 3 rings (SSSR count). The smallest absolute Gasteiger partial charge is 0.398 e. The molecule has 1 aromatic heterocycles. The molecule has 0 aliphatic carbocycles. The number of furan rings is 1. The zero-order valence-electron chi connectivity index (χ0n) is 14.3. The van der Waals surface area contributed by atoms with E-state index < -0.39 is 11.9 Å². The second kappa shape index (κ2) is 8.43. The van der Waals surface area contributed by atoms with Crippen LogP contribution in [0.15, 0.2) is 81.6 Å². The van der Waals surface area contributed by atoms with Crippen LogP contribution in [-0.2, 0) is 4.84 Å². The lowest BCUT2D eigenvalue weighted by Gasteiger charge is -2.05. The molecular formula is C19H15N3O5. The predicted octanol–water partition coefficient (Wildman–Crippen LogP) is 4.40. The van der Waals surface area contributed by atoms with E-state index in [2.05, 4.69) is 15.7 Å². The molecule has 0 fully saturated rings. The maximum absolute atomic E-state index is 12.0. The minimum absolute atomic E-state index is 0.0879. The van der Waals surface area contributed by atoms with Gasteiger partial charge in [0.25, 0.3) is 5.91 Å². The summed E-state index contributed by atoms with van der Waals surface area (Å²) in [6.07, 6.45) is 1.38. The van der Waals surface area contributed by atoms with E-state index in [0.717, 1.165) is 0 Å². The number of rotatable bonds is 6. The number of amides is 1. The van der Waals surface area contributed by atoms with E-state index in [1.165, 1.54) is 12.3 Å². The standard InChI is InChI=1S/C19H15N3O5/c1-25-16-10-4-13(5-11-16)18(23)21-20-14-6-8-15(9-7-14)22-27-19(24)17-3-2-12-26-17/h2-12,22H,1H3. The first-order valence-corrected chi connectivity index (χ1v) is 7.86. The Labute approximate surface area is 154 Å². The van der Waals surface area contributed by atoms with E-state index in [1.807, 2.05) is 0 Å². The number of azo groups is 1. The molecule has 0 aliphatic rings. The van der Waals surface area contributed by atoms with Crippen LogP contribution < -0.4 is 10.2 Å². The number of benzene rings is 2. The average Bonchev–Trinajstić information content (AvgIpc) is 3.26. The van der Waals surface area contributed by atoms with Crippen LogP contribution in [0.25, 0.3) is 0 Å². The topological polar surface area (TPSA) is 102 Å². The Bertz CT molecular complexity index is 932. The molecule has 136 valence electrons.